The van der Waals surface area contributed by atoms with E-state index < -0.39 is 11.2 Å². The Hall–Kier alpha value is -2.61. The average Bonchev–Trinajstić information content (AvgIpc) is 2.79. The second kappa shape index (κ2) is 5.64. The molecule has 0 saturated heterocycles. The van der Waals surface area contributed by atoms with Crippen LogP contribution in [0.5, 0.6) is 0 Å². The number of hydrogen-bond acceptors (Lipinski definition) is 5. The second-order valence-corrected chi connectivity index (χ2v) is 5.66. The molecule has 3 aromatic rings. The van der Waals surface area contributed by atoms with E-state index in [1.165, 1.54) is 11.8 Å². The first kappa shape index (κ1) is 14.3. The molecule has 3 rings (SSSR count). The first-order valence-electron chi connectivity index (χ1n) is 6.55. The lowest BCUT2D eigenvalue weighted by Gasteiger charge is -2.04. The zero-order valence-corrected chi connectivity index (χ0v) is 12.8. The molecule has 0 atom stereocenters. The number of para-hydroxylation sites is 1. The van der Waals surface area contributed by atoms with Gasteiger partial charge in [0.15, 0.2) is 5.03 Å². The highest BCUT2D eigenvalue weighted by molar-refractivity contribution is 7.99. The van der Waals surface area contributed by atoms with Gasteiger partial charge in [-0.25, -0.2) is 14.6 Å². The minimum Gasteiger partial charge on any atom is -0.271 e. The largest absolute Gasteiger partial charge is 0.342 e. The summed E-state index contributed by atoms with van der Waals surface area (Å²) in [7, 11) is 0. The van der Waals surface area contributed by atoms with Crippen LogP contribution in [0.1, 0.15) is 11.4 Å². The summed E-state index contributed by atoms with van der Waals surface area (Å²) in [6.07, 6.45) is 0. The van der Waals surface area contributed by atoms with E-state index in [4.69, 9.17) is 0 Å². The van der Waals surface area contributed by atoms with Crippen LogP contribution in [0.2, 0.25) is 0 Å². The molecule has 0 spiro atoms. The molecule has 0 fully saturated rings. The molecule has 22 heavy (non-hydrogen) atoms. The molecule has 0 saturated carbocycles. The van der Waals surface area contributed by atoms with Crippen molar-refractivity contribution in [1.29, 1.82) is 0 Å². The van der Waals surface area contributed by atoms with Crippen molar-refractivity contribution in [3.05, 3.63) is 62.6 Å². The molecule has 0 radical (unpaired) electrons. The van der Waals surface area contributed by atoms with Crippen LogP contribution in [0.25, 0.3) is 5.69 Å². The highest BCUT2D eigenvalue weighted by Gasteiger charge is 2.16. The molecule has 0 aliphatic carbocycles. The summed E-state index contributed by atoms with van der Waals surface area (Å²) >= 11 is 1.18. The van der Waals surface area contributed by atoms with Crippen molar-refractivity contribution in [2.75, 3.05) is 0 Å². The van der Waals surface area contributed by atoms with Gasteiger partial charge in [-0.3, -0.25) is 9.78 Å². The van der Waals surface area contributed by atoms with Crippen molar-refractivity contribution in [2.24, 2.45) is 0 Å². The number of rotatable bonds is 3. The lowest BCUT2D eigenvalue weighted by molar-refractivity contribution is 0.806. The van der Waals surface area contributed by atoms with Crippen molar-refractivity contribution in [2.45, 2.75) is 23.8 Å². The van der Waals surface area contributed by atoms with Gasteiger partial charge in [0.2, 0.25) is 0 Å². The topological polar surface area (TPSA) is 96.4 Å². The normalized spacial score (nSPS) is 10.8. The molecule has 0 amide bonds. The molecule has 8 heteroatoms. The Kier molecular flexibility index (Phi) is 3.68. The Bertz CT molecular complexity index is 926. The van der Waals surface area contributed by atoms with Crippen LogP contribution in [-0.2, 0) is 0 Å². The molecule has 0 aliphatic heterocycles. The highest BCUT2D eigenvalue weighted by atomic mass is 32.2. The Balaban J connectivity index is 2.04. The molecule has 0 unspecified atom stereocenters. The maximum Gasteiger partial charge on any atom is 0.342 e. The summed E-state index contributed by atoms with van der Waals surface area (Å²) in [6, 6.07) is 9.73. The van der Waals surface area contributed by atoms with E-state index in [0.717, 1.165) is 22.0 Å². The molecular formula is C14H13N5O2S. The van der Waals surface area contributed by atoms with Crippen LogP contribution in [0, 0.1) is 13.8 Å². The second-order valence-electron chi connectivity index (χ2n) is 4.66. The van der Waals surface area contributed by atoms with E-state index in [1.54, 1.807) is 0 Å². The summed E-state index contributed by atoms with van der Waals surface area (Å²) < 4.78 is 1.82. The number of nitrogens with one attached hydrogen (secondary N) is 2. The molecule has 0 bridgehead atoms. The van der Waals surface area contributed by atoms with Gasteiger partial charge in [-0.05, 0) is 26.0 Å². The van der Waals surface area contributed by atoms with Gasteiger partial charge >= 0.3 is 5.69 Å². The zero-order valence-electron chi connectivity index (χ0n) is 12.0. The molecule has 112 valence electrons. The number of aryl methyl sites for hydroxylation is 1. The van der Waals surface area contributed by atoms with E-state index in [2.05, 4.69) is 20.3 Å². The van der Waals surface area contributed by atoms with E-state index in [0.29, 0.717) is 0 Å². The van der Waals surface area contributed by atoms with Gasteiger partial charge < -0.3 is 0 Å². The summed E-state index contributed by atoms with van der Waals surface area (Å²) in [6.45, 7) is 3.80. The van der Waals surface area contributed by atoms with Gasteiger partial charge in [-0.15, -0.1) is 0 Å². The number of hydrogen-bond donors (Lipinski definition) is 2. The van der Waals surface area contributed by atoms with Gasteiger partial charge in [0.1, 0.15) is 0 Å². The third-order valence-electron chi connectivity index (χ3n) is 3.10. The quantitative estimate of drug-likeness (QED) is 0.762. The van der Waals surface area contributed by atoms with Crippen molar-refractivity contribution in [3.8, 4) is 5.69 Å². The van der Waals surface area contributed by atoms with Crippen molar-refractivity contribution >= 4 is 11.8 Å². The third kappa shape index (κ3) is 2.60. The molecule has 2 N–H and O–H groups in total. The molecule has 7 nitrogen and oxygen atoms in total. The smallest absolute Gasteiger partial charge is 0.271 e. The number of H-pyrrole nitrogens is 2. The molecular weight excluding hydrogens is 302 g/mol. The van der Waals surface area contributed by atoms with Crippen LogP contribution in [-0.4, -0.2) is 25.0 Å². The van der Waals surface area contributed by atoms with Gasteiger partial charge in [0.25, 0.3) is 5.56 Å². The molecule has 2 heterocycles. The average molecular weight is 315 g/mol. The Morgan fingerprint density at radius 3 is 2.55 bits per heavy atom. The highest BCUT2D eigenvalue weighted by Crippen LogP contribution is 2.30. The number of benzene rings is 1. The standard InChI is InChI=1S/C14H13N5O2S/c1-8-11(22-13-12(20)15-14(21)17-16-13)9(2)19(18-8)10-6-4-3-5-7-10/h3-7H,1-2H3,(H2,15,17,20,21). The minimum atomic E-state index is -0.622. The summed E-state index contributed by atoms with van der Waals surface area (Å²) in [4.78, 5) is 25.8. The van der Waals surface area contributed by atoms with E-state index >= 15 is 0 Å². The van der Waals surface area contributed by atoms with E-state index in [-0.39, 0.29) is 5.03 Å². The summed E-state index contributed by atoms with van der Waals surface area (Å²) in [5.41, 5.74) is 1.50. The number of aromatic amines is 2. The van der Waals surface area contributed by atoms with Crippen LogP contribution < -0.4 is 11.2 Å². The monoisotopic (exact) mass is 315 g/mol. The lowest BCUT2D eigenvalue weighted by atomic mass is 10.3. The van der Waals surface area contributed by atoms with Gasteiger partial charge in [-0.2, -0.15) is 10.2 Å². The summed E-state index contributed by atoms with van der Waals surface area (Å²) in [5, 5.41) is 10.7. The first-order valence-corrected chi connectivity index (χ1v) is 7.36. The Labute approximate surface area is 129 Å². The van der Waals surface area contributed by atoms with Crippen molar-refractivity contribution in [1.82, 2.24) is 25.0 Å². The predicted octanol–water partition coefficient (Wildman–Crippen LogP) is 1.41. The van der Waals surface area contributed by atoms with Crippen molar-refractivity contribution in [3.63, 3.8) is 0 Å². The molecule has 0 aliphatic rings. The van der Waals surface area contributed by atoms with Crippen LogP contribution in [0.15, 0.2) is 49.8 Å². The number of nitrogens with zero attached hydrogens (tertiary/aromatic N) is 3. The van der Waals surface area contributed by atoms with E-state index in [1.807, 2.05) is 48.9 Å². The predicted molar refractivity (Wildman–Crippen MR) is 82.6 cm³/mol. The Morgan fingerprint density at radius 2 is 1.86 bits per heavy atom. The fourth-order valence-corrected chi connectivity index (χ4v) is 2.95. The zero-order chi connectivity index (χ0) is 15.7. The third-order valence-corrected chi connectivity index (χ3v) is 4.37. The fourth-order valence-electron chi connectivity index (χ4n) is 2.10. The Morgan fingerprint density at radius 1 is 1.14 bits per heavy atom. The first-order chi connectivity index (χ1) is 10.6. The maximum atomic E-state index is 11.8. The molecule has 2 aromatic heterocycles. The van der Waals surface area contributed by atoms with Gasteiger partial charge in [0.05, 0.1) is 22.0 Å². The number of aromatic nitrogens is 5. The van der Waals surface area contributed by atoms with Gasteiger partial charge in [-0.1, -0.05) is 30.0 Å². The summed E-state index contributed by atoms with van der Waals surface area (Å²) in [5.74, 6) is 0. The minimum absolute atomic E-state index is 0.179. The van der Waals surface area contributed by atoms with Gasteiger partial charge in [0, 0.05) is 0 Å². The van der Waals surface area contributed by atoms with E-state index in [9.17, 15) is 9.59 Å². The SMILES string of the molecule is Cc1nn(-c2ccccc2)c(C)c1Sc1n[nH]c(=O)[nH]c1=O. The lowest BCUT2D eigenvalue weighted by Crippen LogP contribution is -2.24. The van der Waals surface area contributed by atoms with Crippen LogP contribution in [0.4, 0.5) is 0 Å². The maximum absolute atomic E-state index is 11.8. The van der Waals surface area contributed by atoms with Crippen LogP contribution >= 0.6 is 11.8 Å². The van der Waals surface area contributed by atoms with Crippen molar-refractivity contribution < 1.29 is 0 Å². The van der Waals surface area contributed by atoms with Crippen LogP contribution in [0.3, 0.4) is 0 Å². The fraction of sp³-hybridized carbons (Fsp3) is 0.143. The molecule has 1 aromatic carbocycles.